The SMILES string of the molecule is C[C@@H]1CN(C(=O)c2cc(C#N)cc(NC(=O)Cn3nc(-c4ccc(Cl)c(F)c4)ccc3=O)c2)C[C@@H](C)N1C(=O)OC(C)(C)C. The number of benzene rings is 2. The molecule has 3 aromatic rings. The maximum Gasteiger partial charge on any atom is 0.410 e. The summed E-state index contributed by atoms with van der Waals surface area (Å²) < 4.78 is 20.4. The number of hydrogen-bond donors (Lipinski definition) is 1. The van der Waals surface area contributed by atoms with E-state index in [4.69, 9.17) is 16.3 Å². The summed E-state index contributed by atoms with van der Waals surface area (Å²) in [6.07, 6.45) is -0.458. The number of ether oxygens (including phenoxy) is 1. The van der Waals surface area contributed by atoms with E-state index in [0.29, 0.717) is 5.56 Å². The fraction of sp³-hybridized carbons (Fsp3) is 0.355. The van der Waals surface area contributed by atoms with Crippen molar-refractivity contribution in [3.63, 3.8) is 0 Å². The molecule has 1 saturated heterocycles. The van der Waals surface area contributed by atoms with Gasteiger partial charge in [0.05, 0.1) is 34.4 Å². The maximum absolute atomic E-state index is 13.9. The number of piperazine rings is 1. The Labute approximate surface area is 258 Å². The molecule has 2 aromatic carbocycles. The quantitative estimate of drug-likeness (QED) is 0.436. The predicted molar refractivity (Wildman–Crippen MR) is 162 cm³/mol. The van der Waals surface area contributed by atoms with E-state index in [9.17, 15) is 28.8 Å². The first-order valence-electron chi connectivity index (χ1n) is 13.8. The average molecular weight is 623 g/mol. The monoisotopic (exact) mass is 622 g/mol. The average Bonchev–Trinajstić information content (AvgIpc) is 2.93. The number of aromatic nitrogens is 2. The summed E-state index contributed by atoms with van der Waals surface area (Å²) in [6.45, 7) is 9.00. The van der Waals surface area contributed by atoms with Gasteiger partial charge in [0.25, 0.3) is 11.5 Å². The van der Waals surface area contributed by atoms with E-state index in [2.05, 4.69) is 10.4 Å². The summed E-state index contributed by atoms with van der Waals surface area (Å²) in [5.41, 5.74) is -0.119. The highest BCUT2D eigenvalue weighted by atomic mass is 35.5. The van der Waals surface area contributed by atoms with Gasteiger partial charge in [0, 0.05) is 36.0 Å². The predicted octanol–water partition coefficient (Wildman–Crippen LogP) is 4.68. The number of rotatable bonds is 5. The number of nitriles is 1. The molecule has 1 fully saturated rings. The molecule has 0 aliphatic carbocycles. The lowest BCUT2D eigenvalue weighted by Gasteiger charge is -2.44. The van der Waals surface area contributed by atoms with Crippen molar-refractivity contribution in [1.82, 2.24) is 19.6 Å². The molecular weight excluding hydrogens is 591 g/mol. The summed E-state index contributed by atoms with van der Waals surface area (Å²) in [5, 5.41) is 16.3. The van der Waals surface area contributed by atoms with E-state index < -0.39 is 35.5 Å². The van der Waals surface area contributed by atoms with Gasteiger partial charge < -0.3 is 15.0 Å². The molecule has 0 spiro atoms. The number of hydrogen-bond acceptors (Lipinski definition) is 7. The molecule has 0 saturated carbocycles. The Hall–Kier alpha value is -4.76. The topological polar surface area (TPSA) is 138 Å². The van der Waals surface area contributed by atoms with Gasteiger partial charge in [0.2, 0.25) is 5.91 Å². The van der Waals surface area contributed by atoms with Crippen LogP contribution < -0.4 is 10.9 Å². The van der Waals surface area contributed by atoms with Crippen molar-refractivity contribution in [2.24, 2.45) is 0 Å². The van der Waals surface area contributed by atoms with Gasteiger partial charge in [-0.15, -0.1) is 0 Å². The van der Waals surface area contributed by atoms with Crippen LogP contribution in [0.15, 0.2) is 53.3 Å². The van der Waals surface area contributed by atoms with Gasteiger partial charge in [0.15, 0.2) is 0 Å². The molecule has 0 radical (unpaired) electrons. The molecule has 2 heterocycles. The van der Waals surface area contributed by atoms with Crippen molar-refractivity contribution in [2.75, 3.05) is 18.4 Å². The molecule has 3 amide bonds. The largest absolute Gasteiger partial charge is 0.444 e. The third-order valence-electron chi connectivity index (χ3n) is 6.78. The first-order valence-corrected chi connectivity index (χ1v) is 14.2. The first kappa shape index (κ1) is 32.2. The van der Waals surface area contributed by atoms with Crippen molar-refractivity contribution in [1.29, 1.82) is 5.26 Å². The van der Waals surface area contributed by atoms with Gasteiger partial charge in [-0.05, 0) is 71.0 Å². The van der Waals surface area contributed by atoms with Gasteiger partial charge in [0.1, 0.15) is 18.0 Å². The van der Waals surface area contributed by atoms with Crippen LogP contribution in [0, 0.1) is 17.1 Å². The Morgan fingerprint density at radius 2 is 1.77 bits per heavy atom. The lowest BCUT2D eigenvalue weighted by atomic mass is 10.0. The summed E-state index contributed by atoms with van der Waals surface area (Å²) in [4.78, 5) is 54.8. The van der Waals surface area contributed by atoms with Crippen LogP contribution in [0.2, 0.25) is 5.02 Å². The van der Waals surface area contributed by atoms with E-state index in [1.54, 1.807) is 30.6 Å². The van der Waals surface area contributed by atoms with E-state index in [1.165, 1.54) is 48.5 Å². The Bertz CT molecular complexity index is 1700. The molecule has 4 rings (SSSR count). The van der Waals surface area contributed by atoms with E-state index in [0.717, 1.165) is 4.68 Å². The van der Waals surface area contributed by atoms with Crippen LogP contribution in [0.1, 0.15) is 50.5 Å². The number of amides is 3. The maximum atomic E-state index is 13.9. The van der Waals surface area contributed by atoms with Crippen molar-refractivity contribution in [2.45, 2.75) is 58.8 Å². The van der Waals surface area contributed by atoms with E-state index in [1.807, 2.05) is 19.9 Å². The number of nitrogens with one attached hydrogen (secondary N) is 1. The molecule has 13 heteroatoms. The van der Waals surface area contributed by atoms with Crippen LogP contribution in [-0.2, 0) is 16.1 Å². The molecule has 11 nitrogen and oxygen atoms in total. The van der Waals surface area contributed by atoms with E-state index in [-0.39, 0.29) is 58.6 Å². The summed E-state index contributed by atoms with van der Waals surface area (Å²) in [7, 11) is 0. The summed E-state index contributed by atoms with van der Waals surface area (Å²) >= 11 is 5.75. The molecule has 1 aliphatic heterocycles. The van der Waals surface area contributed by atoms with Crippen LogP contribution in [-0.4, -0.2) is 68.3 Å². The van der Waals surface area contributed by atoms with Gasteiger partial charge in [-0.3, -0.25) is 19.3 Å². The summed E-state index contributed by atoms with van der Waals surface area (Å²) in [6, 6.07) is 12.3. The minimum Gasteiger partial charge on any atom is -0.444 e. The third kappa shape index (κ3) is 7.60. The van der Waals surface area contributed by atoms with Gasteiger partial charge in [-0.25, -0.2) is 13.9 Å². The number of carbonyl (C=O) groups is 3. The van der Waals surface area contributed by atoms with Crippen LogP contribution in [0.3, 0.4) is 0 Å². The number of carbonyl (C=O) groups excluding carboxylic acids is 3. The fourth-order valence-electron chi connectivity index (χ4n) is 4.94. The lowest BCUT2D eigenvalue weighted by Crippen LogP contribution is -2.60. The Morgan fingerprint density at radius 1 is 1.09 bits per heavy atom. The second-order valence-electron chi connectivity index (χ2n) is 11.6. The van der Waals surface area contributed by atoms with Crippen LogP contribution in [0.4, 0.5) is 14.9 Å². The molecule has 2 atom stereocenters. The Kier molecular flexibility index (Phi) is 9.39. The Balaban J connectivity index is 1.49. The fourth-order valence-corrected chi connectivity index (χ4v) is 5.06. The van der Waals surface area contributed by atoms with Crippen LogP contribution in [0.25, 0.3) is 11.3 Å². The minimum absolute atomic E-state index is 0.0639. The zero-order chi connectivity index (χ0) is 32.3. The van der Waals surface area contributed by atoms with Crippen molar-refractivity contribution >= 4 is 35.2 Å². The smallest absolute Gasteiger partial charge is 0.410 e. The molecule has 230 valence electrons. The molecule has 44 heavy (non-hydrogen) atoms. The summed E-state index contributed by atoms with van der Waals surface area (Å²) in [5.74, 6) is -1.67. The highest BCUT2D eigenvalue weighted by Gasteiger charge is 2.37. The van der Waals surface area contributed by atoms with Crippen molar-refractivity contribution < 1.29 is 23.5 Å². The first-order chi connectivity index (χ1) is 20.6. The highest BCUT2D eigenvalue weighted by molar-refractivity contribution is 6.30. The molecule has 1 aromatic heterocycles. The number of anilines is 1. The molecule has 1 aliphatic rings. The van der Waals surface area contributed by atoms with E-state index >= 15 is 0 Å². The third-order valence-corrected chi connectivity index (χ3v) is 7.09. The second kappa shape index (κ2) is 12.9. The van der Waals surface area contributed by atoms with Crippen LogP contribution in [0.5, 0.6) is 0 Å². The molecular formula is C31H32ClFN6O5. The number of halogens is 2. The van der Waals surface area contributed by atoms with Gasteiger partial charge in [-0.2, -0.15) is 10.4 Å². The minimum atomic E-state index is -0.662. The lowest BCUT2D eigenvalue weighted by molar-refractivity contribution is -0.117. The van der Waals surface area contributed by atoms with Crippen molar-refractivity contribution in [3.05, 3.63) is 80.9 Å². The van der Waals surface area contributed by atoms with Gasteiger partial charge in [-0.1, -0.05) is 17.7 Å². The molecule has 0 unspecified atom stereocenters. The van der Waals surface area contributed by atoms with Crippen molar-refractivity contribution in [3.8, 4) is 17.3 Å². The Morgan fingerprint density at radius 3 is 2.39 bits per heavy atom. The van der Waals surface area contributed by atoms with Crippen LogP contribution >= 0.6 is 11.6 Å². The zero-order valence-electron chi connectivity index (χ0n) is 24.9. The molecule has 0 bridgehead atoms. The zero-order valence-corrected chi connectivity index (χ0v) is 25.7. The second-order valence-corrected chi connectivity index (χ2v) is 12.0. The molecule has 1 N–H and O–H groups in total. The number of nitrogens with zero attached hydrogens (tertiary/aromatic N) is 5. The highest BCUT2D eigenvalue weighted by Crippen LogP contribution is 2.24. The normalized spacial score (nSPS) is 16.7. The standard InChI is InChI=1S/C31H32ClFN6O5/c1-18-15-37(16-19(2)39(18)30(43)44-31(3,4)5)29(42)22-10-20(14-34)11-23(12-22)35-27(40)17-38-28(41)9-8-26(36-38)21-6-7-24(32)25(33)13-21/h6-13,18-19H,15-17H2,1-5H3,(H,35,40)/t18-,19-/m1/s1. The van der Waals surface area contributed by atoms with Gasteiger partial charge >= 0.3 is 6.09 Å².